The molecule has 0 bridgehead atoms. The van der Waals surface area contributed by atoms with Gasteiger partial charge in [0.15, 0.2) is 5.54 Å². The molecule has 126 valence electrons. The van der Waals surface area contributed by atoms with E-state index in [9.17, 15) is 14.7 Å². The Bertz CT molecular complexity index is 426. The van der Waals surface area contributed by atoms with Gasteiger partial charge in [0.1, 0.15) is 5.60 Å². The number of carboxylic acids is 1. The fourth-order valence-corrected chi connectivity index (χ4v) is 3.43. The maximum atomic E-state index is 12.0. The summed E-state index contributed by atoms with van der Waals surface area (Å²) in [5.74, 6) is -0.307. The third-order valence-electron chi connectivity index (χ3n) is 4.49. The molecule has 1 atom stereocenters. The second kappa shape index (κ2) is 6.44. The van der Waals surface area contributed by atoms with E-state index in [1.165, 1.54) is 25.7 Å². The summed E-state index contributed by atoms with van der Waals surface area (Å²) in [6.45, 7) is 7.30. The molecule has 6 nitrogen and oxygen atoms in total. The molecule has 0 radical (unpaired) electrons. The van der Waals surface area contributed by atoms with Crippen molar-refractivity contribution in [1.29, 1.82) is 0 Å². The summed E-state index contributed by atoms with van der Waals surface area (Å²) in [6.07, 6.45) is 4.79. The van der Waals surface area contributed by atoms with E-state index < -0.39 is 23.2 Å². The van der Waals surface area contributed by atoms with Crippen LogP contribution in [0.4, 0.5) is 4.79 Å². The number of nitrogens with one attached hydrogen (secondary N) is 1. The van der Waals surface area contributed by atoms with Gasteiger partial charge in [0.2, 0.25) is 0 Å². The lowest BCUT2D eigenvalue weighted by Gasteiger charge is -2.29. The Morgan fingerprint density at radius 1 is 1.32 bits per heavy atom. The zero-order valence-corrected chi connectivity index (χ0v) is 13.9. The number of likely N-dealkylation sites (tertiary alicyclic amines) is 1. The molecule has 2 rings (SSSR count). The zero-order valence-electron chi connectivity index (χ0n) is 13.9. The van der Waals surface area contributed by atoms with Gasteiger partial charge in [0.05, 0.1) is 0 Å². The highest BCUT2D eigenvalue weighted by molar-refractivity contribution is 5.85. The Hall–Kier alpha value is -1.30. The van der Waals surface area contributed by atoms with E-state index in [-0.39, 0.29) is 0 Å². The van der Waals surface area contributed by atoms with Crippen molar-refractivity contribution in [2.45, 2.75) is 64.0 Å². The summed E-state index contributed by atoms with van der Waals surface area (Å²) < 4.78 is 5.21. The highest BCUT2D eigenvalue weighted by Gasteiger charge is 2.47. The molecule has 6 heteroatoms. The molecule has 0 aromatic heterocycles. The molecule has 1 unspecified atom stereocenters. The van der Waals surface area contributed by atoms with Crippen LogP contribution in [0.3, 0.4) is 0 Å². The number of amides is 1. The van der Waals surface area contributed by atoms with Crippen molar-refractivity contribution in [1.82, 2.24) is 10.2 Å². The van der Waals surface area contributed by atoms with Crippen LogP contribution in [0.2, 0.25) is 0 Å². The molecule has 22 heavy (non-hydrogen) atoms. The average Bonchev–Trinajstić information content (AvgIpc) is 2.98. The Morgan fingerprint density at radius 3 is 2.50 bits per heavy atom. The third kappa shape index (κ3) is 4.35. The summed E-state index contributed by atoms with van der Waals surface area (Å²) in [5, 5.41) is 12.2. The van der Waals surface area contributed by atoms with Crippen molar-refractivity contribution in [2.24, 2.45) is 5.92 Å². The van der Waals surface area contributed by atoms with Crippen molar-refractivity contribution in [3.63, 3.8) is 0 Å². The van der Waals surface area contributed by atoms with Gasteiger partial charge in [-0.15, -0.1) is 0 Å². The van der Waals surface area contributed by atoms with Crippen molar-refractivity contribution in [3.05, 3.63) is 0 Å². The standard InChI is InChI=1S/C16H28N2O4/c1-15(2,3)22-14(21)17-16(13(19)20)8-9-18(11-16)10-12-6-4-5-7-12/h12H,4-11H2,1-3H3,(H,17,21)(H,19,20). The summed E-state index contributed by atoms with van der Waals surface area (Å²) in [5.41, 5.74) is -1.85. The molecule has 1 heterocycles. The van der Waals surface area contributed by atoms with Crippen LogP contribution >= 0.6 is 0 Å². The van der Waals surface area contributed by atoms with Crippen LogP contribution in [0.5, 0.6) is 0 Å². The van der Waals surface area contributed by atoms with Crippen molar-refractivity contribution < 1.29 is 19.4 Å². The monoisotopic (exact) mass is 312 g/mol. The van der Waals surface area contributed by atoms with Gasteiger partial charge in [-0.2, -0.15) is 0 Å². The quantitative estimate of drug-likeness (QED) is 0.832. The topological polar surface area (TPSA) is 78.9 Å². The molecule has 0 aromatic carbocycles. The SMILES string of the molecule is CC(C)(C)OC(=O)NC1(C(=O)O)CCN(CC2CCCC2)C1. The number of carboxylic acid groups (broad SMARTS) is 1. The summed E-state index contributed by atoms with van der Waals surface area (Å²) in [6, 6.07) is 0. The van der Waals surface area contributed by atoms with Crippen molar-refractivity contribution >= 4 is 12.1 Å². The highest BCUT2D eigenvalue weighted by atomic mass is 16.6. The van der Waals surface area contributed by atoms with Crippen LogP contribution in [0, 0.1) is 5.92 Å². The molecule has 2 N–H and O–H groups in total. The summed E-state index contributed by atoms with van der Waals surface area (Å²) in [4.78, 5) is 25.8. The van der Waals surface area contributed by atoms with Gasteiger partial charge in [-0.3, -0.25) is 0 Å². The number of ether oxygens (including phenoxy) is 1. The van der Waals surface area contributed by atoms with E-state index in [0.29, 0.717) is 25.4 Å². The molecule has 2 aliphatic rings. The molecule has 0 aromatic rings. The van der Waals surface area contributed by atoms with Gasteiger partial charge in [0.25, 0.3) is 0 Å². The number of carbonyl (C=O) groups excluding carboxylic acids is 1. The zero-order chi connectivity index (χ0) is 16.4. The van der Waals surface area contributed by atoms with E-state index in [2.05, 4.69) is 10.2 Å². The largest absolute Gasteiger partial charge is 0.479 e. The normalized spacial score (nSPS) is 27.0. The van der Waals surface area contributed by atoms with Crippen LogP contribution in [0.1, 0.15) is 52.9 Å². The Morgan fingerprint density at radius 2 is 1.95 bits per heavy atom. The fourth-order valence-electron chi connectivity index (χ4n) is 3.43. The number of nitrogens with zero attached hydrogens (tertiary/aromatic N) is 1. The molecule has 1 amide bonds. The molecule has 2 fully saturated rings. The highest BCUT2D eigenvalue weighted by Crippen LogP contribution is 2.29. The smallest absolute Gasteiger partial charge is 0.408 e. The Labute approximate surface area is 132 Å². The van der Waals surface area contributed by atoms with Gasteiger partial charge >= 0.3 is 12.1 Å². The van der Waals surface area contributed by atoms with E-state index in [0.717, 1.165) is 6.54 Å². The van der Waals surface area contributed by atoms with E-state index >= 15 is 0 Å². The van der Waals surface area contributed by atoms with Crippen LogP contribution in [-0.2, 0) is 9.53 Å². The lowest BCUT2D eigenvalue weighted by Crippen LogP contribution is -2.57. The molecule has 0 spiro atoms. The average molecular weight is 312 g/mol. The van der Waals surface area contributed by atoms with Crippen LogP contribution in [0.15, 0.2) is 0 Å². The lowest BCUT2D eigenvalue weighted by molar-refractivity contribution is -0.144. The first-order valence-corrected chi connectivity index (χ1v) is 8.17. The van der Waals surface area contributed by atoms with Crippen LogP contribution < -0.4 is 5.32 Å². The minimum absolute atomic E-state index is 0.359. The van der Waals surface area contributed by atoms with Gasteiger partial charge in [-0.1, -0.05) is 12.8 Å². The number of rotatable bonds is 4. The van der Waals surface area contributed by atoms with Crippen LogP contribution in [-0.4, -0.2) is 52.8 Å². The number of alkyl carbamates (subject to hydrolysis) is 1. The van der Waals surface area contributed by atoms with E-state index in [1.807, 2.05) is 0 Å². The van der Waals surface area contributed by atoms with Gasteiger partial charge in [-0.25, -0.2) is 9.59 Å². The summed E-state index contributed by atoms with van der Waals surface area (Å²) >= 11 is 0. The van der Waals surface area contributed by atoms with E-state index in [1.54, 1.807) is 20.8 Å². The minimum atomic E-state index is -1.22. The molecular weight excluding hydrogens is 284 g/mol. The maximum Gasteiger partial charge on any atom is 0.408 e. The first kappa shape index (κ1) is 17.1. The second-order valence-corrected chi connectivity index (χ2v) is 7.65. The molecule has 1 aliphatic carbocycles. The Kier molecular flexibility index (Phi) is 5.00. The van der Waals surface area contributed by atoms with Gasteiger partial charge in [-0.05, 0) is 46.0 Å². The predicted molar refractivity (Wildman–Crippen MR) is 82.8 cm³/mol. The van der Waals surface area contributed by atoms with Crippen LogP contribution in [0.25, 0.3) is 0 Å². The third-order valence-corrected chi connectivity index (χ3v) is 4.49. The van der Waals surface area contributed by atoms with Crippen molar-refractivity contribution in [2.75, 3.05) is 19.6 Å². The summed E-state index contributed by atoms with van der Waals surface area (Å²) in [7, 11) is 0. The fraction of sp³-hybridized carbons (Fsp3) is 0.875. The van der Waals surface area contributed by atoms with Gasteiger partial charge < -0.3 is 20.1 Å². The predicted octanol–water partition coefficient (Wildman–Crippen LogP) is 2.23. The first-order chi connectivity index (χ1) is 10.2. The van der Waals surface area contributed by atoms with Crippen molar-refractivity contribution in [3.8, 4) is 0 Å². The minimum Gasteiger partial charge on any atom is -0.479 e. The molecular formula is C16H28N2O4. The molecule has 1 saturated carbocycles. The van der Waals surface area contributed by atoms with Gasteiger partial charge in [0, 0.05) is 19.6 Å². The molecule has 1 aliphatic heterocycles. The number of hydrogen-bond acceptors (Lipinski definition) is 4. The lowest BCUT2D eigenvalue weighted by atomic mass is 9.99. The second-order valence-electron chi connectivity index (χ2n) is 7.65. The first-order valence-electron chi connectivity index (χ1n) is 8.17. The number of hydrogen-bond donors (Lipinski definition) is 2. The molecule has 1 saturated heterocycles. The van der Waals surface area contributed by atoms with E-state index in [4.69, 9.17) is 4.74 Å². The Balaban J connectivity index is 1.95. The maximum absolute atomic E-state index is 12.0. The number of carbonyl (C=O) groups is 2. The number of aliphatic carboxylic acids is 1.